The van der Waals surface area contributed by atoms with Gasteiger partial charge in [0.1, 0.15) is 18.5 Å². The zero-order chi connectivity index (χ0) is 40.9. The third-order valence-corrected chi connectivity index (χ3v) is 10.5. The monoisotopic (exact) mass is 803 g/mol. The highest BCUT2D eigenvalue weighted by Crippen LogP contribution is 2.28. The van der Waals surface area contributed by atoms with E-state index in [-0.39, 0.29) is 113 Å². The predicted octanol–water partition coefficient (Wildman–Crippen LogP) is 3.29. The number of carbonyl (C=O) groups is 5. The molecule has 2 saturated heterocycles. The second-order valence-corrected chi connectivity index (χ2v) is 14.4. The topological polar surface area (TPSA) is 193 Å². The van der Waals surface area contributed by atoms with E-state index in [1.165, 1.54) is 17.0 Å². The van der Waals surface area contributed by atoms with E-state index in [4.69, 9.17) is 14.2 Å². The van der Waals surface area contributed by atoms with Crippen molar-refractivity contribution in [2.45, 2.75) is 63.5 Å². The maximum absolute atomic E-state index is 14.9. The molecule has 0 spiro atoms. The molecule has 3 heterocycles. The molecule has 0 saturated carbocycles. The number of benzene rings is 2. The van der Waals surface area contributed by atoms with Gasteiger partial charge in [0.05, 0.1) is 35.9 Å². The summed E-state index contributed by atoms with van der Waals surface area (Å²) in [6.07, 6.45) is 7.57. The van der Waals surface area contributed by atoms with E-state index in [0.29, 0.717) is 41.6 Å². The lowest BCUT2D eigenvalue weighted by Gasteiger charge is -2.35. The van der Waals surface area contributed by atoms with Gasteiger partial charge in [0, 0.05) is 70.5 Å². The van der Waals surface area contributed by atoms with Gasteiger partial charge in [-0.1, -0.05) is 36.4 Å². The van der Waals surface area contributed by atoms with Gasteiger partial charge in [0.15, 0.2) is 0 Å². The first-order valence-electron chi connectivity index (χ1n) is 19.9. The van der Waals surface area contributed by atoms with Gasteiger partial charge in [-0.05, 0) is 55.9 Å². The smallest absolute Gasteiger partial charge is 0.410 e. The molecule has 5 amide bonds. The van der Waals surface area contributed by atoms with Gasteiger partial charge >= 0.3 is 12.2 Å². The molecule has 16 nitrogen and oxygen atoms in total. The van der Waals surface area contributed by atoms with E-state index in [2.05, 4.69) is 33.0 Å². The lowest BCUT2D eigenvalue weighted by atomic mass is 9.98. The molecule has 1 aromatic heterocycles. The van der Waals surface area contributed by atoms with Crippen LogP contribution in [0.3, 0.4) is 0 Å². The molecule has 0 bridgehead atoms. The van der Waals surface area contributed by atoms with Crippen LogP contribution in [0.25, 0.3) is 10.8 Å². The number of piperazine rings is 1. The van der Waals surface area contributed by atoms with Crippen LogP contribution in [0.5, 0.6) is 0 Å². The fraction of sp³-hybridized carbons (Fsp3) is 0.488. The standard InChI is InChI=1S/C41H50FN7O9/c42-32-15-14-28(27-33-29-8-5-6-9-30(29)38(52)46-45-33)26-31(32)39(53)48-20-18-47(19-21-48)37(51)13-7-12-36(50)43-16-17-44-40(54)57-25-24-56-23-22-49-34-10-3-1-2-4-11-35(34)58-41(49)55/h1-2,5-6,8-9,14-15,26,34-35H,3-4,7,10-13,16-25,27H2,(H,43,50)(H,44,54)(H,46,52)/b2-1+. The van der Waals surface area contributed by atoms with Crippen molar-refractivity contribution in [3.05, 3.63) is 87.6 Å². The molecule has 6 rings (SSSR count). The Bertz CT molecular complexity index is 2030. The number of aromatic nitrogens is 2. The molecule has 310 valence electrons. The Morgan fingerprint density at radius 3 is 2.43 bits per heavy atom. The highest BCUT2D eigenvalue weighted by Gasteiger charge is 2.40. The molecule has 17 heteroatoms. The summed E-state index contributed by atoms with van der Waals surface area (Å²) in [6.45, 7) is 2.28. The van der Waals surface area contributed by atoms with Crippen molar-refractivity contribution in [1.29, 1.82) is 0 Å². The number of hydrogen-bond donors (Lipinski definition) is 3. The van der Waals surface area contributed by atoms with E-state index in [1.807, 2.05) is 0 Å². The lowest BCUT2D eigenvalue weighted by Crippen LogP contribution is -2.50. The molecule has 58 heavy (non-hydrogen) atoms. The first-order chi connectivity index (χ1) is 28.2. The van der Waals surface area contributed by atoms with E-state index >= 15 is 0 Å². The molecule has 2 aromatic carbocycles. The van der Waals surface area contributed by atoms with Crippen molar-refractivity contribution in [3.63, 3.8) is 0 Å². The molecular formula is C41H50FN7O9. The molecule has 3 aliphatic rings. The van der Waals surface area contributed by atoms with Gasteiger partial charge in [-0.25, -0.2) is 19.1 Å². The number of H-pyrrole nitrogens is 1. The Kier molecular flexibility index (Phi) is 14.8. The molecule has 3 aromatic rings. The summed E-state index contributed by atoms with van der Waals surface area (Å²) in [5.41, 5.74) is 0.876. The van der Waals surface area contributed by atoms with Crippen molar-refractivity contribution in [3.8, 4) is 0 Å². The van der Waals surface area contributed by atoms with Crippen molar-refractivity contribution in [2.24, 2.45) is 0 Å². The van der Waals surface area contributed by atoms with Crippen LogP contribution >= 0.6 is 0 Å². The van der Waals surface area contributed by atoms with Crippen LogP contribution in [0.2, 0.25) is 0 Å². The van der Waals surface area contributed by atoms with Crippen molar-refractivity contribution < 1.29 is 42.6 Å². The molecule has 3 N–H and O–H groups in total. The minimum Gasteiger partial charge on any atom is -0.447 e. The number of fused-ring (bicyclic) bond motifs is 2. The third-order valence-electron chi connectivity index (χ3n) is 10.5. The van der Waals surface area contributed by atoms with E-state index in [0.717, 1.165) is 25.7 Å². The Balaban J connectivity index is 0.806. The highest BCUT2D eigenvalue weighted by atomic mass is 19.1. The van der Waals surface area contributed by atoms with E-state index in [1.54, 1.807) is 40.1 Å². The number of hydrogen-bond acceptors (Lipinski definition) is 10. The van der Waals surface area contributed by atoms with Crippen LogP contribution in [0.4, 0.5) is 14.0 Å². The van der Waals surface area contributed by atoms with Gasteiger partial charge in [0.25, 0.3) is 11.5 Å². The maximum Gasteiger partial charge on any atom is 0.410 e. The predicted molar refractivity (Wildman–Crippen MR) is 209 cm³/mol. The van der Waals surface area contributed by atoms with Crippen molar-refractivity contribution in [2.75, 3.05) is 65.6 Å². The summed E-state index contributed by atoms with van der Waals surface area (Å²) in [5.74, 6) is -1.52. The molecule has 2 fully saturated rings. The number of carbonyl (C=O) groups excluding carboxylic acids is 5. The van der Waals surface area contributed by atoms with Gasteiger partial charge in [-0.2, -0.15) is 5.10 Å². The van der Waals surface area contributed by atoms with Crippen LogP contribution in [-0.4, -0.2) is 133 Å². The van der Waals surface area contributed by atoms with Gasteiger partial charge in [0.2, 0.25) is 11.8 Å². The summed E-state index contributed by atoms with van der Waals surface area (Å²) in [7, 11) is 0. The quantitative estimate of drug-likeness (QED) is 0.143. The van der Waals surface area contributed by atoms with E-state index < -0.39 is 17.8 Å². The minimum absolute atomic E-state index is 0.0298. The fourth-order valence-electron chi connectivity index (χ4n) is 7.42. The minimum atomic E-state index is -0.650. The second-order valence-electron chi connectivity index (χ2n) is 14.4. The normalized spacial score (nSPS) is 18.5. The van der Waals surface area contributed by atoms with Crippen LogP contribution in [0, 0.1) is 5.82 Å². The van der Waals surface area contributed by atoms with Gasteiger partial charge in [-0.3, -0.25) is 24.1 Å². The number of allylic oxidation sites excluding steroid dienone is 2. The maximum atomic E-state index is 14.9. The first-order valence-corrected chi connectivity index (χ1v) is 19.9. The SMILES string of the molecule is O=C(CCCC(=O)N1CCN(C(=O)c2cc(Cc3n[nH]c(=O)c4ccccc34)ccc2F)CC1)NCCNC(=O)OCCOCCN1C(=O)OC2CC/C=C/CCC21. The number of rotatable bonds is 16. The average Bonchev–Trinajstić information content (AvgIpc) is 3.51. The summed E-state index contributed by atoms with van der Waals surface area (Å²) in [4.78, 5) is 79.8. The summed E-state index contributed by atoms with van der Waals surface area (Å²) < 4.78 is 31.1. The number of nitrogens with zero attached hydrogens (tertiary/aromatic N) is 4. The molecule has 2 aliphatic heterocycles. The highest BCUT2D eigenvalue weighted by molar-refractivity contribution is 5.95. The number of nitrogens with one attached hydrogen (secondary N) is 3. The number of aromatic amines is 1. The fourth-order valence-corrected chi connectivity index (χ4v) is 7.42. The van der Waals surface area contributed by atoms with Crippen LogP contribution < -0.4 is 16.2 Å². The van der Waals surface area contributed by atoms with Gasteiger partial charge in [-0.15, -0.1) is 0 Å². The number of ether oxygens (including phenoxy) is 3. The van der Waals surface area contributed by atoms with Crippen LogP contribution in [-0.2, 0) is 30.2 Å². The number of halogens is 1. The zero-order valence-corrected chi connectivity index (χ0v) is 32.4. The summed E-state index contributed by atoms with van der Waals surface area (Å²) in [6, 6.07) is 11.5. The molecular weight excluding hydrogens is 753 g/mol. The molecule has 0 radical (unpaired) electrons. The number of amides is 5. The number of alkyl carbamates (subject to hydrolysis) is 1. The Hall–Kier alpha value is -5.84. The molecule has 1 aliphatic carbocycles. The largest absolute Gasteiger partial charge is 0.447 e. The van der Waals surface area contributed by atoms with Crippen molar-refractivity contribution >= 4 is 40.7 Å². The summed E-state index contributed by atoms with van der Waals surface area (Å²) >= 11 is 0. The Morgan fingerprint density at radius 1 is 0.879 bits per heavy atom. The Morgan fingerprint density at radius 2 is 1.62 bits per heavy atom. The second kappa shape index (κ2) is 20.5. The lowest BCUT2D eigenvalue weighted by molar-refractivity contribution is -0.132. The average molecular weight is 804 g/mol. The van der Waals surface area contributed by atoms with Crippen molar-refractivity contribution in [1.82, 2.24) is 35.5 Å². The molecule has 2 unspecified atom stereocenters. The van der Waals surface area contributed by atoms with Crippen LogP contribution in [0.1, 0.15) is 66.6 Å². The van der Waals surface area contributed by atoms with Gasteiger partial charge < -0.3 is 34.6 Å². The van der Waals surface area contributed by atoms with E-state index in [9.17, 15) is 33.2 Å². The zero-order valence-electron chi connectivity index (χ0n) is 32.4. The molecule has 2 atom stereocenters. The summed E-state index contributed by atoms with van der Waals surface area (Å²) in [5, 5.41) is 13.1. The third kappa shape index (κ3) is 11.2. The van der Waals surface area contributed by atoms with Crippen LogP contribution in [0.15, 0.2) is 59.4 Å². The Labute approximate surface area is 335 Å². The first kappa shape index (κ1) is 41.8.